The van der Waals surface area contributed by atoms with Crippen LogP contribution in [0.15, 0.2) is 77.3 Å². The summed E-state index contributed by atoms with van der Waals surface area (Å²) < 4.78 is 1.02. The molecular formula is C21H17BrN2OS. The van der Waals surface area contributed by atoms with E-state index in [4.69, 9.17) is 12.2 Å². The lowest BCUT2D eigenvalue weighted by molar-refractivity contribution is 0.0978. The van der Waals surface area contributed by atoms with Gasteiger partial charge in [0.1, 0.15) is 0 Å². The van der Waals surface area contributed by atoms with Crippen LogP contribution in [0, 0.1) is 6.92 Å². The van der Waals surface area contributed by atoms with Crippen LogP contribution in [-0.2, 0) is 0 Å². The number of hydrogen-bond acceptors (Lipinski definition) is 2. The standard InChI is InChI=1S/C21H17BrN2OS/c1-14-13-18(11-12-19(14)22)23-21(26)24-20(25)17-9-7-16(8-10-17)15-5-3-2-4-6-15/h2-13H,1H3,(H2,23,24,25,26). The van der Waals surface area contributed by atoms with Gasteiger partial charge in [-0.2, -0.15) is 0 Å². The minimum Gasteiger partial charge on any atom is -0.332 e. The molecule has 0 fully saturated rings. The summed E-state index contributed by atoms with van der Waals surface area (Å²) in [7, 11) is 0. The molecule has 0 spiro atoms. The molecule has 0 radical (unpaired) electrons. The third-order valence-electron chi connectivity index (χ3n) is 3.90. The molecule has 5 heteroatoms. The minimum absolute atomic E-state index is 0.240. The van der Waals surface area contributed by atoms with E-state index in [1.807, 2.05) is 67.6 Å². The molecule has 3 nitrogen and oxygen atoms in total. The average molecular weight is 425 g/mol. The van der Waals surface area contributed by atoms with Gasteiger partial charge in [-0.15, -0.1) is 0 Å². The molecule has 0 aliphatic rings. The summed E-state index contributed by atoms with van der Waals surface area (Å²) in [6.07, 6.45) is 0. The van der Waals surface area contributed by atoms with Gasteiger partial charge >= 0.3 is 0 Å². The highest BCUT2D eigenvalue weighted by Crippen LogP contribution is 2.20. The smallest absolute Gasteiger partial charge is 0.257 e. The molecular weight excluding hydrogens is 408 g/mol. The normalized spacial score (nSPS) is 10.2. The summed E-state index contributed by atoms with van der Waals surface area (Å²) in [5.74, 6) is -0.240. The first-order valence-electron chi connectivity index (χ1n) is 8.07. The molecule has 0 aliphatic heterocycles. The third-order valence-corrected chi connectivity index (χ3v) is 4.99. The molecule has 3 rings (SSSR count). The predicted octanol–water partition coefficient (Wildman–Crippen LogP) is 5.55. The summed E-state index contributed by atoms with van der Waals surface area (Å²) in [5.41, 5.74) is 4.65. The van der Waals surface area contributed by atoms with Gasteiger partial charge in [-0.1, -0.05) is 58.4 Å². The van der Waals surface area contributed by atoms with Gasteiger partial charge in [0.05, 0.1) is 0 Å². The molecule has 130 valence electrons. The number of rotatable bonds is 3. The maximum atomic E-state index is 12.4. The summed E-state index contributed by atoms with van der Waals surface area (Å²) in [4.78, 5) is 12.4. The summed E-state index contributed by atoms with van der Waals surface area (Å²) in [6, 6.07) is 23.3. The van der Waals surface area contributed by atoms with Gasteiger partial charge in [0, 0.05) is 15.7 Å². The maximum absolute atomic E-state index is 12.4. The van der Waals surface area contributed by atoms with Gasteiger partial charge in [0.15, 0.2) is 5.11 Å². The zero-order valence-electron chi connectivity index (χ0n) is 14.1. The maximum Gasteiger partial charge on any atom is 0.257 e. The average Bonchev–Trinajstić information content (AvgIpc) is 2.65. The fraction of sp³-hybridized carbons (Fsp3) is 0.0476. The van der Waals surface area contributed by atoms with E-state index >= 15 is 0 Å². The van der Waals surface area contributed by atoms with Crippen molar-refractivity contribution in [1.82, 2.24) is 5.32 Å². The lowest BCUT2D eigenvalue weighted by Gasteiger charge is -2.11. The Morgan fingerprint density at radius 1 is 0.923 bits per heavy atom. The SMILES string of the molecule is Cc1cc(NC(=S)NC(=O)c2ccc(-c3ccccc3)cc2)ccc1Br. The van der Waals surface area contributed by atoms with Crippen LogP contribution < -0.4 is 10.6 Å². The van der Waals surface area contributed by atoms with E-state index in [2.05, 4.69) is 26.6 Å². The number of halogens is 1. The van der Waals surface area contributed by atoms with E-state index in [-0.39, 0.29) is 11.0 Å². The number of carbonyl (C=O) groups excluding carboxylic acids is 1. The molecule has 0 saturated carbocycles. The number of carbonyl (C=O) groups is 1. The Morgan fingerprint density at radius 3 is 2.23 bits per heavy atom. The minimum atomic E-state index is -0.240. The molecule has 0 heterocycles. The van der Waals surface area contributed by atoms with E-state index in [1.165, 1.54) is 0 Å². The number of anilines is 1. The molecule has 3 aromatic carbocycles. The van der Waals surface area contributed by atoms with Crippen molar-refractivity contribution >= 4 is 44.9 Å². The highest BCUT2D eigenvalue weighted by atomic mass is 79.9. The number of amides is 1. The van der Waals surface area contributed by atoms with Crippen LogP contribution >= 0.6 is 28.1 Å². The second-order valence-electron chi connectivity index (χ2n) is 5.82. The fourth-order valence-corrected chi connectivity index (χ4v) is 2.96. The van der Waals surface area contributed by atoms with E-state index in [9.17, 15) is 4.79 Å². The first-order chi connectivity index (χ1) is 12.5. The zero-order valence-corrected chi connectivity index (χ0v) is 16.5. The molecule has 0 unspecified atom stereocenters. The van der Waals surface area contributed by atoms with Gasteiger partial charge in [-0.05, 0) is 66.2 Å². The second-order valence-corrected chi connectivity index (χ2v) is 7.08. The molecule has 3 aromatic rings. The van der Waals surface area contributed by atoms with Gasteiger partial charge in [-0.3, -0.25) is 10.1 Å². The van der Waals surface area contributed by atoms with Crippen molar-refractivity contribution in [3.8, 4) is 11.1 Å². The van der Waals surface area contributed by atoms with Crippen LogP contribution in [0.2, 0.25) is 0 Å². The number of aryl methyl sites for hydroxylation is 1. The number of thiocarbonyl (C=S) groups is 1. The lowest BCUT2D eigenvalue weighted by Crippen LogP contribution is -2.34. The molecule has 0 aromatic heterocycles. The van der Waals surface area contributed by atoms with Gasteiger partial charge in [0.2, 0.25) is 0 Å². The first-order valence-corrected chi connectivity index (χ1v) is 9.27. The fourth-order valence-electron chi connectivity index (χ4n) is 2.50. The Bertz CT molecular complexity index is 940. The van der Waals surface area contributed by atoms with Crippen molar-refractivity contribution < 1.29 is 4.79 Å². The van der Waals surface area contributed by atoms with Crippen LogP contribution in [-0.4, -0.2) is 11.0 Å². The van der Waals surface area contributed by atoms with E-state index in [1.54, 1.807) is 12.1 Å². The Hall–Kier alpha value is -2.50. The molecule has 0 saturated heterocycles. The van der Waals surface area contributed by atoms with Crippen molar-refractivity contribution in [3.63, 3.8) is 0 Å². The van der Waals surface area contributed by atoms with Crippen molar-refractivity contribution in [2.75, 3.05) is 5.32 Å². The number of nitrogens with one attached hydrogen (secondary N) is 2. The van der Waals surface area contributed by atoms with Crippen molar-refractivity contribution in [1.29, 1.82) is 0 Å². The summed E-state index contributed by atoms with van der Waals surface area (Å²) in [5, 5.41) is 6.00. The molecule has 0 bridgehead atoms. The second kappa shape index (κ2) is 8.25. The van der Waals surface area contributed by atoms with Gasteiger partial charge < -0.3 is 5.32 Å². The first kappa shape index (κ1) is 18.3. The summed E-state index contributed by atoms with van der Waals surface area (Å²) >= 11 is 8.69. The highest BCUT2D eigenvalue weighted by molar-refractivity contribution is 9.10. The Morgan fingerprint density at radius 2 is 1.58 bits per heavy atom. The monoisotopic (exact) mass is 424 g/mol. The van der Waals surface area contributed by atoms with Gasteiger partial charge in [-0.25, -0.2) is 0 Å². The highest BCUT2D eigenvalue weighted by Gasteiger charge is 2.09. The number of benzene rings is 3. The molecule has 2 N–H and O–H groups in total. The van der Waals surface area contributed by atoms with Crippen molar-refractivity contribution in [2.45, 2.75) is 6.92 Å². The van der Waals surface area contributed by atoms with Crippen molar-refractivity contribution in [2.24, 2.45) is 0 Å². The summed E-state index contributed by atoms with van der Waals surface area (Å²) in [6.45, 7) is 1.99. The van der Waals surface area contributed by atoms with Crippen LogP contribution in [0.1, 0.15) is 15.9 Å². The lowest BCUT2D eigenvalue weighted by atomic mass is 10.0. The Balaban J connectivity index is 1.64. The molecule has 0 aliphatic carbocycles. The topological polar surface area (TPSA) is 41.1 Å². The largest absolute Gasteiger partial charge is 0.332 e. The molecule has 26 heavy (non-hydrogen) atoms. The third kappa shape index (κ3) is 4.56. The van der Waals surface area contributed by atoms with E-state index < -0.39 is 0 Å². The van der Waals surface area contributed by atoms with Crippen LogP contribution in [0.5, 0.6) is 0 Å². The van der Waals surface area contributed by atoms with Crippen LogP contribution in [0.25, 0.3) is 11.1 Å². The van der Waals surface area contributed by atoms with Gasteiger partial charge in [0.25, 0.3) is 5.91 Å². The predicted molar refractivity (Wildman–Crippen MR) is 114 cm³/mol. The molecule has 0 atom stereocenters. The molecule has 1 amide bonds. The Labute approximate surface area is 166 Å². The van der Waals surface area contributed by atoms with Crippen LogP contribution in [0.4, 0.5) is 5.69 Å². The number of hydrogen-bond donors (Lipinski definition) is 2. The zero-order chi connectivity index (χ0) is 18.5. The Kier molecular flexibility index (Phi) is 5.81. The van der Waals surface area contributed by atoms with E-state index in [0.29, 0.717) is 5.56 Å². The van der Waals surface area contributed by atoms with E-state index in [0.717, 1.165) is 26.9 Å². The van der Waals surface area contributed by atoms with Crippen LogP contribution in [0.3, 0.4) is 0 Å². The van der Waals surface area contributed by atoms with Crippen molar-refractivity contribution in [3.05, 3.63) is 88.4 Å². The quantitative estimate of drug-likeness (QED) is 0.541.